The van der Waals surface area contributed by atoms with E-state index in [0.29, 0.717) is 0 Å². The number of nitrogens with zero attached hydrogens (tertiary/aromatic N) is 1. The lowest BCUT2D eigenvalue weighted by Crippen LogP contribution is -2.29. The highest BCUT2D eigenvalue weighted by molar-refractivity contribution is 7.89. The van der Waals surface area contributed by atoms with Gasteiger partial charge < -0.3 is 5.11 Å². The molecule has 5 nitrogen and oxygen atoms in total. The monoisotopic (exact) mass is 278 g/mol. The number of hydrogen-bond acceptors (Lipinski definition) is 5. The molecule has 0 radical (unpaired) electrons. The SMILES string of the molecule is Cc1nc(C)c(C(C)NS(=O)(=O)CCCO)s1. The van der Waals surface area contributed by atoms with Gasteiger partial charge in [0.25, 0.3) is 0 Å². The molecule has 98 valence electrons. The minimum absolute atomic E-state index is 0.0509. The van der Waals surface area contributed by atoms with Crippen LogP contribution in [0.3, 0.4) is 0 Å². The Bertz CT molecular complexity index is 468. The number of aliphatic hydroxyl groups excluding tert-OH is 1. The van der Waals surface area contributed by atoms with E-state index in [9.17, 15) is 8.42 Å². The van der Waals surface area contributed by atoms with Gasteiger partial charge in [0.1, 0.15) is 0 Å². The fraction of sp³-hybridized carbons (Fsp3) is 0.700. The number of thiazole rings is 1. The van der Waals surface area contributed by atoms with Crippen molar-refractivity contribution in [2.45, 2.75) is 33.2 Å². The van der Waals surface area contributed by atoms with Crippen LogP contribution < -0.4 is 4.72 Å². The molecule has 0 amide bonds. The summed E-state index contributed by atoms with van der Waals surface area (Å²) in [6.45, 7) is 5.45. The molecule has 7 heteroatoms. The van der Waals surface area contributed by atoms with Gasteiger partial charge >= 0.3 is 0 Å². The maximum atomic E-state index is 11.7. The van der Waals surface area contributed by atoms with Crippen LogP contribution in [0.25, 0.3) is 0 Å². The average molecular weight is 278 g/mol. The Kier molecular flexibility index (Phi) is 5.05. The number of sulfonamides is 1. The number of rotatable bonds is 6. The summed E-state index contributed by atoms with van der Waals surface area (Å²) in [5.41, 5.74) is 0.866. The van der Waals surface area contributed by atoms with E-state index < -0.39 is 10.0 Å². The van der Waals surface area contributed by atoms with Crippen molar-refractivity contribution < 1.29 is 13.5 Å². The third-order valence-electron chi connectivity index (χ3n) is 2.26. The van der Waals surface area contributed by atoms with E-state index in [1.165, 1.54) is 11.3 Å². The molecule has 1 aromatic heterocycles. The van der Waals surface area contributed by atoms with Gasteiger partial charge in [0.15, 0.2) is 0 Å². The molecule has 2 N–H and O–H groups in total. The van der Waals surface area contributed by atoms with Crippen molar-refractivity contribution >= 4 is 21.4 Å². The second-order valence-corrected chi connectivity index (χ2v) is 7.03. The minimum atomic E-state index is -3.33. The van der Waals surface area contributed by atoms with Gasteiger partial charge in [0.05, 0.1) is 22.5 Å². The molecule has 1 heterocycles. The van der Waals surface area contributed by atoms with E-state index in [2.05, 4.69) is 9.71 Å². The van der Waals surface area contributed by atoms with E-state index in [1.807, 2.05) is 13.8 Å². The topological polar surface area (TPSA) is 79.3 Å². The van der Waals surface area contributed by atoms with E-state index in [0.717, 1.165) is 15.6 Å². The maximum Gasteiger partial charge on any atom is 0.212 e. The standard InChI is InChI=1S/C10H18N2O3S2/c1-7-10(16-9(3)11-7)8(2)12-17(14,15)6-4-5-13/h8,12-13H,4-6H2,1-3H3. The molecule has 1 unspecified atom stereocenters. The lowest BCUT2D eigenvalue weighted by atomic mass is 10.2. The largest absolute Gasteiger partial charge is 0.396 e. The third kappa shape index (κ3) is 4.34. The number of aromatic nitrogens is 1. The Morgan fingerprint density at radius 3 is 2.59 bits per heavy atom. The van der Waals surface area contributed by atoms with Crippen molar-refractivity contribution in [2.24, 2.45) is 0 Å². The summed E-state index contributed by atoms with van der Waals surface area (Å²) in [7, 11) is -3.33. The van der Waals surface area contributed by atoms with Gasteiger partial charge in [-0.3, -0.25) is 0 Å². The molecule has 0 spiro atoms. The summed E-state index contributed by atoms with van der Waals surface area (Å²) in [6.07, 6.45) is 0.253. The number of aryl methyl sites for hydroxylation is 2. The van der Waals surface area contributed by atoms with Gasteiger partial charge in [-0.15, -0.1) is 11.3 Å². The van der Waals surface area contributed by atoms with E-state index in [1.54, 1.807) is 6.92 Å². The molecule has 0 saturated carbocycles. The molecule has 0 aliphatic carbocycles. The first kappa shape index (κ1) is 14.6. The highest BCUT2D eigenvalue weighted by atomic mass is 32.2. The molecule has 0 aliphatic heterocycles. The van der Waals surface area contributed by atoms with Crippen LogP contribution in [-0.2, 0) is 10.0 Å². The summed E-state index contributed by atoms with van der Waals surface area (Å²) in [4.78, 5) is 5.21. The van der Waals surface area contributed by atoms with Crippen molar-refractivity contribution in [3.8, 4) is 0 Å². The maximum absolute atomic E-state index is 11.7. The summed E-state index contributed by atoms with van der Waals surface area (Å²) in [6, 6.07) is -0.273. The fourth-order valence-electron chi connectivity index (χ4n) is 1.59. The predicted octanol–water partition coefficient (Wildman–Crippen LogP) is 1.12. The van der Waals surface area contributed by atoms with Gasteiger partial charge in [0.2, 0.25) is 10.0 Å². The van der Waals surface area contributed by atoms with Gasteiger partial charge in [-0.2, -0.15) is 0 Å². The summed E-state index contributed by atoms with van der Waals surface area (Å²) >= 11 is 1.50. The predicted molar refractivity (Wildman–Crippen MR) is 68.6 cm³/mol. The zero-order valence-electron chi connectivity index (χ0n) is 10.2. The quantitative estimate of drug-likeness (QED) is 0.817. The van der Waals surface area contributed by atoms with Gasteiger partial charge in [-0.25, -0.2) is 18.1 Å². The van der Waals surface area contributed by atoms with Crippen molar-refractivity contribution in [3.63, 3.8) is 0 Å². The van der Waals surface area contributed by atoms with Gasteiger partial charge in [0, 0.05) is 11.5 Å². The van der Waals surface area contributed by atoms with E-state index in [4.69, 9.17) is 5.11 Å². The van der Waals surface area contributed by atoms with Crippen molar-refractivity contribution in [1.29, 1.82) is 0 Å². The van der Waals surface area contributed by atoms with Crippen LogP contribution in [0.5, 0.6) is 0 Å². The van der Waals surface area contributed by atoms with Crippen molar-refractivity contribution in [2.75, 3.05) is 12.4 Å². The lowest BCUT2D eigenvalue weighted by Gasteiger charge is -2.12. The molecule has 1 aromatic rings. The zero-order chi connectivity index (χ0) is 13.1. The van der Waals surface area contributed by atoms with Crippen LogP contribution in [0.15, 0.2) is 0 Å². The summed E-state index contributed by atoms with van der Waals surface area (Å²) in [5.74, 6) is -0.0509. The highest BCUT2D eigenvalue weighted by Crippen LogP contribution is 2.24. The summed E-state index contributed by atoms with van der Waals surface area (Å²) in [5, 5.41) is 9.56. The van der Waals surface area contributed by atoms with Gasteiger partial charge in [-0.1, -0.05) is 0 Å². The van der Waals surface area contributed by atoms with Crippen LogP contribution in [0.2, 0.25) is 0 Å². The van der Waals surface area contributed by atoms with Crippen LogP contribution in [0.1, 0.15) is 35.0 Å². The smallest absolute Gasteiger partial charge is 0.212 e. The average Bonchev–Trinajstić information content (AvgIpc) is 2.54. The fourth-order valence-corrected chi connectivity index (χ4v) is 3.87. The molecule has 1 rings (SSSR count). The number of aliphatic hydroxyl groups is 1. The Balaban J connectivity index is 2.72. The molecular formula is C10H18N2O3S2. The van der Waals surface area contributed by atoms with Crippen LogP contribution >= 0.6 is 11.3 Å². The first-order valence-corrected chi connectivity index (χ1v) is 7.87. The third-order valence-corrected chi connectivity index (χ3v) is 5.05. The minimum Gasteiger partial charge on any atom is -0.396 e. The lowest BCUT2D eigenvalue weighted by molar-refractivity contribution is 0.295. The van der Waals surface area contributed by atoms with Crippen LogP contribution in [0.4, 0.5) is 0 Å². The van der Waals surface area contributed by atoms with Crippen LogP contribution in [-0.4, -0.2) is 30.9 Å². The Labute approximate surface area is 106 Å². The van der Waals surface area contributed by atoms with E-state index >= 15 is 0 Å². The number of nitrogens with one attached hydrogen (secondary N) is 1. The number of hydrogen-bond donors (Lipinski definition) is 2. The first-order valence-electron chi connectivity index (χ1n) is 5.40. The van der Waals surface area contributed by atoms with Crippen LogP contribution in [0, 0.1) is 13.8 Å². The van der Waals surface area contributed by atoms with Gasteiger partial charge in [-0.05, 0) is 27.2 Å². The van der Waals surface area contributed by atoms with E-state index in [-0.39, 0.29) is 24.8 Å². The second-order valence-electron chi connectivity index (χ2n) is 3.92. The molecule has 1 atom stereocenters. The molecule has 17 heavy (non-hydrogen) atoms. The molecule has 0 bridgehead atoms. The molecule has 0 fully saturated rings. The molecule has 0 saturated heterocycles. The molecule has 0 aromatic carbocycles. The normalized spacial score (nSPS) is 13.9. The first-order chi connectivity index (χ1) is 7.85. The Morgan fingerprint density at radius 1 is 1.47 bits per heavy atom. The zero-order valence-corrected chi connectivity index (χ0v) is 11.9. The highest BCUT2D eigenvalue weighted by Gasteiger charge is 2.19. The molecule has 0 aliphatic rings. The Hall–Kier alpha value is -0.500. The Morgan fingerprint density at radius 2 is 2.12 bits per heavy atom. The summed E-state index contributed by atoms with van der Waals surface area (Å²) < 4.78 is 25.9. The molecular weight excluding hydrogens is 260 g/mol. The second kappa shape index (κ2) is 5.90. The van der Waals surface area contributed by atoms with Crippen molar-refractivity contribution in [3.05, 3.63) is 15.6 Å². The van der Waals surface area contributed by atoms with Crippen molar-refractivity contribution in [1.82, 2.24) is 9.71 Å².